The van der Waals surface area contributed by atoms with Crippen molar-refractivity contribution in [3.8, 4) is 11.3 Å². The van der Waals surface area contributed by atoms with Crippen LogP contribution >= 0.6 is 15.9 Å². The SMILES string of the molecule is O=C(c1cc2nc(-c3ccc4ccccc4c3)cc(C(F)(F)F)n2n1)N1CCN(Cc2ccccc2Br)CC1. The second-order valence-electron chi connectivity index (χ2n) is 9.55. The van der Waals surface area contributed by atoms with Gasteiger partial charge < -0.3 is 4.90 Å². The Hall–Kier alpha value is -3.76. The van der Waals surface area contributed by atoms with E-state index in [4.69, 9.17) is 0 Å². The molecule has 6 rings (SSSR count). The summed E-state index contributed by atoms with van der Waals surface area (Å²) in [5.41, 5.74) is 0.822. The first kappa shape index (κ1) is 25.5. The molecule has 0 radical (unpaired) electrons. The largest absolute Gasteiger partial charge is 0.433 e. The molecule has 3 heterocycles. The summed E-state index contributed by atoms with van der Waals surface area (Å²) in [5.74, 6) is -0.401. The lowest BCUT2D eigenvalue weighted by Gasteiger charge is -2.34. The van der Waals surface area contributed by atoms with E-state index in [-0.39, 0.29) is 17.0 Å². The number of carbonyl (C=O) groups excluding carboxylic acids is 1. The van der Waals surface area contributed by atoms with Crippen molar-refractivity contribution in [1.82, 2.24) is 24.4 Å². The number of halogens is 4. The van der Waals surface area contributed by atoms with E-state index in [1.807, 2.05) is 54.6 Å². The van der Waals surface area contributed by atoms with Crippen molar-refractivity contribution < 1.29 is 18.0 Å². The number of alkyl halides is 3. The molecule has 5 aromatic rings. The molecule has 1 saturated heterocycles. The Labute approximate surface area is 230 Å². The zero-order valence-electron chi connectivity index (χ0n) is 20.7. The first-order chi connectivity index (χ1) is 18.8. The van der Waals surface area contributed by atoms with E-state index in [9.17, 15) is 18.0 Å². The first-order valence-corrected chi connectivity index (χ1v) is 13.3. The van der Waals surface area contributed by atoms with E-state index in [1.54, 1.807) is 11.0 Å². The van der Waals surface area contributed by atoms with E-state index in [0.717, 1.165) is 37.9 Å². The van der Waals surface area contributed by atoms with Crippen LogP contribution in [0.1, 0.15) is 21.7 Å². The first-order valence-electron chi connectivity index (χ1n) is 12.5. The fourth-order valence-corrected chi connectivity index (χ4v) is 5.33. The lowest BCUT2D eigenvalue weighted by Crippen LogP contribution is -2.48. The number of hydrogen-bond acceptors (Lipinski definition) is 4. The van der Waals surface area contributed by atoms with Gasteiger partial charge in [0.15, 0.2) is 17.0 Å². The topological polar surface area (TPSA) is 53.7 Å². The number of carbonyl (C=O) groups is 1. The Balaban J connectivity index is 1.27. The molecule has 0 N–H and O–H groups in total. The molecule has 0 bridgehead atoms. The smallest absolute Gasteiger partial charge is 0.335 e. The highest BCUT2D eigenvalue weighted by Crippen LogP contribution is 2.33. The molecule has 39 heavy (non-hydrogen) atoms. The van der Waals surface area contributed by atoms with Crippen molar-refractivity contribution in [3.63, 3.8) is 0 Å². The molecule has 0 unspecified atom stereocenters. The van der Waals surface area contributed by atoms with E-state index in [0.29, 0.717) is 31.7 Å². The van der Waals surface area contributed by atoms with Gasteiger partial charge in [0.2, 0.25) is 0 Å². The number of piperazine rings is 1. The number of benzene rings is 3. The highest BCUT2D eigenvalue weighted by molar-refractivity contribution is 9.10. The summed E-state index contributed by atoms with van der Waals surface area (Å²) >= 11 is 3.57. The molecule has 1 fully saturated rings. The molecule has 0 aliphatic carbocycles. The van der Waals surface area contributed by atoms with E-state index < -0.39 is 17.8 Å². The molecule has 0 atom stereocenters. The highest BCUT2D eigenvalue weighted by atomic mass is 79.9. The normalized spacial score (nSPS) is 14.8. The fraction of sp³-hybridized carbons (Fsp3) is 0.207. The number of amides is 1. The van der Waals surface area contributed by atoms with Crippen LogP contribution in [-0.2, 0) is 12.7 Å². The molecule has 2 aromatic heterocycles. The third-order valence-corrected chi connectivity index (χ3v) is 7.77. The summed E-state index contributed by atoms with van der Waals surface area (Å²) in [4.78, 5) is 21.6. The zero-order valence-corrected chi connectivity index (χ0v) is 22.3. The maximum absolute atomic E-state index is 14.1. The lowest BCUT2D eigenvalue weighted by molar-refractivity contribution is -0.142. The van der Waals surface area contributed by atoms with Crippen LogP contribution in [0.2, 0.25) is 0 Å². The number of nitrogens with zero attached hydrogens (tertiary/aromatic N) is 5. The Morgan fingerprint density at radius 1 is 0.872 bits per heavy atom. The minimum Gasteiger partial charge on any atom is -0.335 e. The van der Waals surface area contributed by atoms with Gasteiger partial charge in [-0.05, 0) is 34.5 Å². The van der Waals surface area contributed by atoms with Gasteiger partial charge in [0, 0.05) is 48.8 Å². The van der Waals surface area contributed by atoms with Gasteiger partial charge in [0.05, 0.1) is 5.69 Å². The maximum Gasteiger partial charge on any atom is 0.433 e. The molecule has 10 heteroatoms. The minimum absolute atomic E-state index is 0.0242. The Bertz CT molecular complexity index is 1690. The fourth-order valence-electron chi connectivity index (χ4n) is 4.92. The lowest BCUT2D eigenvalue weighted by atomic mass is 10.0. The summed E-state index contributed by atoms with van der Waals surface area (Å²) < 4.78 is 44.0. The van der Waals surface area contributed by atoms with Crippen LogP contribution in [-0.4, -0.2) is 56.5 Å². The number of fused-ring (bicyclic) bond motifs is 2. The number of rotatable bonds is 4. The molecule has 0 spiro atoms. The van der Waals surface area contributed by atoms with Crippen LogP contribution in [0.5, 0.6) is 0 Å². The molecule has 6 nitrogen and oxygen atoms in total. The van der Waals surface area contributed by atoms with Gasteiger partial charge in [0.25, 0.3) is 5.91 Å². The van der Waals surface area contributed by atoms with E-state index in [1.165, 1.54) is 6.07 Å². The van der Waals surface area contributed by atoms with Crippen LogP contribution in [0.25, 0.3) is 27.7 Å². The standard InChI is InChI=1S/C29H23BrF3N5O/c30-23-8-4-3-7-22(23)18-36-11-13-37(14-12-36)28(39)25-17-27-34-24(16-26(29(31,32)33)38(27)35-25)21-10-9-19-5-1-2-6-20(19)15-21/h1-10,15-17H,11-14,18H2. The second-order valence-corrected chi connectivity index (χ2v) is 10.4. The second kappa shape index (κ2) is 10.1. The molecular weight excluding hydrogens is 571 g/mol. The Morgan fingerprint density at radius 3 is 2.33 bits per heavy atom. The predicted octanol–water partition coefficient (Wildman–Crippen LogP) is 6.29. The van der Waals surface area contributed by atoms with Crippen molar-refractivity contribution in [1.29, 1.82) is 0 Å². The molecule has 1 amide bonds. The van der Waals surface area contributed by atoms with E-state index >= 15 is 0 Å². The molecule has 0 saturated carbocycles. The average molecular weight is 594 g/mol. The molecule has 198 valence electrons. The predicted molar refractivity (Wildman–Crippen MR) is 146 cm³/mol. The molecule has 3 aromatic carbocycles. The Morgan fingerprint density at radius 2 is 1.59 bits per heavy atom. The van der Waals surface area contributed by atoms with Crippen molar-refractivity contribution in [2.24, 2.45) is 0 Å². The summed E-state index contributed by atoms with van der Waals surface area (Å²) in [6.45, 7) is 2.96. The van der Waals surface area contributed by atoms with Crippen molar-refractivity contribution in [2.45, 2.75) is 12.7 Å². The van der Waals surface area contributed by atoms with Crippen LogP contribution in [0.15, 0.2) is 83.3 Å². The van der Waals surface area contributed by atoms with Gasteiger partial charge in [-0.2, -0.15) is 18.3 Å². The minimum atomic E-state index is -4.68. The molecular formula is C29H23BrF3N5O. The van der Waals surface area contributed by atoms with E-state index in [2.05, 4.69) is 37.0 Å². The summed E-state index contributed by atoms with van der Waals surface area (Å²) in [5, 5.41) is 5.94. The highest BCUT2D eigenvalue weighted by Gasteiger charge is 2.36. The van der Waals surface area contributed by atoms with Gasteiger partial charge in [-0.25, -0.2) is 9.50 Å². The van der Waals surface area contributed by atoms with Crippen molar-refractivity contribution in [3.05, 3.63) is 100 Å². The van der Waals surface area contributed by atoms with Gasteiger partial charge in [0.1, 0.15) is 0 Å². The van der Waals surface area contributed by atoms with Crippen LogP contribution in [0.3, 0.4) is 0 Å². The maximum atomic E-state index is 14.1. The van der Waals surface area contributed by atoms with Gasteiger partial charge in [-0.1, -0.05) is 70.5 Å². The van der Waals surface area contributed by atoms with Crippen LogP contribution < -0.4 is 0 Å². The molecule has 1 aliphatic heterocycles. The monoisotopic (exact) mass is 593 g/mol. The van der Waals surface area contributed by atoms with Crippen molar-refractivity contribution in [2.75, 3.05) is 26.2 Å². The van der Waals surface area contributed by atoms with Gasteiger partial charge >= 0.3 is 6.18 Å². The summed E-state index contributed by atoms with van der Waals surface area (Å²) in [7, 11) is 0. The molecule has 1 aliphatic rings. The van der Waals surface area contributed by atoms with Crippen molar-refractivity contribution >= 4 is 38.3 Å². The number of aromatic nitrogens is 3. The summed E-state index contributed by atoms with van der Waals surface area (Å²) in [6, 6.07) is 23.3. The third-order valence-electron chi connectivity index (χ3n) is 6.99. The summed E-state index contributed by atoms with van der Waals surface area (Å²) in [6.07, 6.45) is -4.68. The Kier molecular flexibility index (Phi) is 6.60. The average Bonchev–Trinajstić information content (AvgIpc) is 3.37. The van der Waals surface area contributed by atoms with Crippen LogP contribution in [0, 0.1) is 0 Å². The quantitative estimate of drug-likeness (QED) is 0.246. The zero-order chi connectivity index (χ0) is 27.1. The van der Waals surface area contributed by atoms with Gasteiger partial charge in [-0.15, -0.1) is 0 Å². The van der Waals surface area contributed by atoms with Gasteiger partial charge in [-0.3, -0.25) is 9.69 Å². The number of hydrogen-bond donors (Lipinski definition) is 0. The third kappa shape index (κ3) is 5.14. The van der Waals surface area contributed by atoms with Crippen LogP contribution in [0.4, 0.5) is 13.2 Å².